The number of thiophene rings is 1. The number of aryl methyl sites for hydroxylation is 1. The van der Waals surface area contributed by atoms with Crippen LogP contribution in [0.4, 0.5) is 0 Å². The van der Waals surface area contributed by atoms with Gasteiger partial charge in [0.25, 0.3) is 0 Å². The van der Waals surface area contributed by atoms with Crippen molar-refractivity contribution in [2.24, 2.45) is 0 Å². The van der Waals surface area contributed by atoms with Gasteiger partial charge < -0.3 is 4.74 Å². The molecule has 0 spiro atoms. The van der Waals surface area contributed by atoms with Crippen LogP contribution in [0.3, 0.4) is 0 Å². The van der Waals surface area contributed by atoms with Crippen molar-refractivity contribution in [2.75, 3.05) is 7.11 Å². The van der Waals surface area contributed by atoms with E-state index in [2.05, 4.69) is 9.71 Å². The van der Waals surface area contributed by atoms with E-state index in [0.717, 1.165) is 22.4 Å². The third-order valence-electron chi connectivity index (χ3n) is 3.75. The molecule has 0 saturated heterocycles. The first-order valence-corrected chi connectivity index (χ1v) is 10.0. The number of benzene rings is 1. The monoisotopic (exact) mass is 374 g/mol. The fraction of sp³-hybridized carbons (Fsp3) is 0.167. The van der Waals surface area contributed by atoms with Gasteiger partial charge in [-0.3, -0.25) is 4.98 Å². The molecule has 0 aliphatic carbocycles. The van der Waals surface area contributed by atoms with E-state index >= 15 is 0 Å². The van der Waals surface area contributed by atoms with Gasteiger partial charge in [0.1, 0.15) is 10.6 Å². The standard InChI is InChI=1S/C18H18N2O3S2/c1-13-5-6-16(23-2)17(10-13)25(21,22)20-11-14-4-3-8-19-18(14)15-7-9-24-12-15/h3-10,12,20H,11H2,1-2H3. The molecule has 0 saturated carbocycles. The summed E-state index contributed by atoms with van der Waals surface area (Å²) >= 11 is 1.57. The Morgan fingerprint density at radius 2 is 2.08 bits per heavy atom. The summed E-state index contributed by atoms with van der Waals surface area (Å²) in [5.74, 6) is 0.322. The van der Waals surface area contributed by atoms with Gasteiger partial charge in [0, 0.05) is 23.7 Å². The Bertz CT molecular complexity index is 968. The largest absolute Gasteiger partial charge is 0.495 e. The van der Waals surface area contributed by atoms with Gasteiger partial charge >= 0.3 is 0 Å². The smallest absolute Gasteiger partial charge is 0.244 e. The molecule has 0 aliphatic heterocycles. The lowest BCUT2D eigenvalue weighted by atomic mass is 10.1. The van der Waals surface area contributed by atoms with Gasteiger partial charge in [0.15, 0.2) is 0 Å². The number of aromatic nitrogens is 1. The van der Waals surface area contributed by atoms with Crippen molar-refractivity contribution in [1.29, 1.82) is 0 Å². The average molecular weight is 374 g/mol. The molecule has 130 valence electrons. The number of rotatable bonds is 6. The zero-order chi connectivity index (χ0) is 17.9. The zero-order valence-corrected chi connectivity index (χ0v) is 15.5. The Kier molecular flexibility index (Phi) is 5.17. The van der Waals surface area contributed by atoms with Gasteiger partial charge in [0.2, 0.25) is 10.0 Å². The summed E-state index contributed by atoms with van der Waals surface area (Å²) < 4.78 is 33.3. The molecule has 0 atom stereocenters. The first kappa shape index (κ1) is 17.6. The van der Waals surface area contributed by atoms with Gasteiger partial charge in [0.05, 0.1) is 12.8 Å². The number of hydrogen-bond acceptors (Lipinski definition) is 5. The average Bonchev–Trinajstić information content (AvgIpc) is 3.15. The third-order valence-corrected chi connectivity index (χ3v) is 5.85. The van der Waals surface area contributed by atoms with Crippen molar-refractivity contribution >= 4 is 21.4 Å². The lowest BCUT2D eigenvalue weighted by Gasteiger charge is -2.13. The van der Waals surface area contributed by atoms with Crippen LogP contribution in [0.2, 0.25) is 0 Å². The number of nitrogens with one attached hydrogen (secondary N) is 1. The van der Waals surface area contributed by atoms with E-state index < -0.39 is 10.0 Å². The lowest BCUT2D eigenvalue weighted by molar-refractivity contribution is 0.402. The van der Waals surface area contributed by atoms with Crippen LogP contribution < -0.4 is 9.46 Å². The Balaban J connectivity index is 1.88. The zero-order valence-electron chi connectivity index (χ0n) is 13.9. The number of sulfonamides is 1. The second kappa shape index (κ2) is 7.35. The normalized spacial score (nSPS) is 11.4. The minimum atomic E-state index is -3.71. The highest BCUT2D eigenvalue weighted by molar-refractivity contribution is 7.89. The summed E-state index contributed by atoms with van der Waals surface area (Å²) in [4.78, 5) is 4.52. The van der Waals surface area contributed by atoms with Crippen LogP contribution in [-0.4, -0.2) is 20.5 Å². The maximum absolute atomic E-state index is 12.7. The Hall–Kier alpha value is -2.22. The number of methoxy groups -OCH3 is 1. The Morgan fingerprint density at radius 1 is 1.24 bits per heavy atom. The molecular weight excluding hydrogens is 356 g/mol. The molecule has 3 aromatic rings. The molecule has 1 aromatic carbocycles. The van der Waals surface area contributed by atoms with Crippen LogP contribution in [0, 0.1) is 6.92 Å². The quantitative estimate of drug-likeness (QED) is 0.716. The van der Waals surface area contributed by atoms with Crippen molar-refractivity contribution in [3.8, 4) is 17.0 Å². The summed E-state index contributed by atoms with van der Waals surface area (Å²) in [6.45, 7) is 1.99. The van der Waals surface area contributed by atoms with Crippen LogP contribution in [0.1, 0.15) is 11.1 Å². The van der Waals surface area contributed by atoms with Crippen molar-refractivity contribution in [2.45, 2.75) is 18.4 Å². The lowest BCUT2D eigenvalue weighted by Crippen LogP contribution is -2.24. The highest BCUT2D eigenvalue weighted by Gasteiger charge is 2.20. The highest BCUT2D eigenvalue weighted by atomic mass is 32.2. The maximum atomic E-state index is 12.7. The van der Waals surface area contributed by atoms with E-state index in [0.29, 0.717) is 5.75 Å². The molecule has 2 heterocycles. The molecule has 1 N–H and O–H groups in total. The topological polar surface area (TPSA) is 68.3 Å². The van der Waals surface area contributed by atoms with E-state index in [1.165, 1.54) is 7.11 Å². The fourth-order valence-electron chi connectivity index (χ4n) is 2.48. The van der Waals surface area contributed by atoms with Crippen LogP contribution in [-0.2, 0) is 16.6 Å². The van der Waals surface area contributed by atoms with Gasteiger partial charge in [-0.1, -0.05) is 12.1 Å². The highest BCUT2D eigenvalue weighted by Crippen LogP contribution is 2.26. The Labute approximate surface area is 151 Å². The van der Waals surface area contributed by atoms with Gasteiger partial charge in [-0.05, 0) is 47.7 Å². The van der Waals surface area contributed by atoms with Crippen molar-refractivity contribution in [3.63, 3.8) is 0 Å². The van der Waals surface area contributed by atoms with E-state index in [-0.39, 0.29) is 11.4 Å². The molecule has 0 amide bonds. The molecule has 0 aliphatic rings. The second-order valence-corrected chi connectivity index (χ2v) is 8.02. The molecule has 3 rings (SSSR count). The minimum absolute atomic E-state index is 0.135. The third kappa shape index (κ3) is 3.89. The summed E-state index contributed by atoms with van der Waals surface area (Å²) in [7, 11) is -2.25. The molecule has 7 heteroatoms. The number of ether oxygens (including phenoxy) is 1. The summed E-state index contributed by atoms with van der Waals surface area (Å²) in [5, 5.41) is 3.96. The van der Waals surface area contributed by atoms with E-state index in [4.69, 9.17) is 4.74 Å². The molecule has 0 radical (unpaired) electrons. The number of hydrogen-bond donors (Lipinski definition) is 1. The van der Waals surface area contributed by atoms with Crippen LogP contribution in [0.5, 0.6) is 5.75 Å². The first-order chi connectivity index (χ1) is 12.0. The predicted octanol–water partition coefficient (Wildman–Crippen LogP) is 3.61. The first-order valence-electron chi connectivity index (χ1n) is 7.62. The Morgan fingerprint density at radius 3 is 2.80 bits per heavy atom. The van der Waals surface area contributed by atoms with Gasteiger partial charge in [-0.2, -0.15) is 11.3 Å². The van der Waals surface area contributed by atoms with Crippen molar-refractivity contribution in [3.05, 3.63) is 64.5 Å². The van der Waals surface area contributed by atoms with Crippen molar-refractivity contribution in [1.82, 2.24) is 9.71 Å². The SMILES string of the molecule is COc1ccc(C)cc1S(=O)(=O)NCc1cccnc1-c1ccsc1. The van der Waals surface area contributed by atoms with E-state index in [1.54, 1.807) is 35.7 Å². The van der Waals surface area contributed by atoms with E-state index in [1.807, 2.05) is 35.9 Å². The summed E-state index contributed by atoms with van der Waals surface area (Å²) in [6, 6.07) is 10.7. The maximum Gasteiger partial charge on any atom is 0.244 e. The molecular formula is C18H18N2O3S2. The predicted molar refractivity (Wildman–Crippen MR) is 99.3 cm³/mol. The summed E-state index contributed by atoms with van der Waals surface area (Å²) in [6.07, 6.45) is 1.70. The molecule has 25 heavy (non-hydrogen) atoms. The van der Waals surface area contributed by atoms with Crippen LogP contribution in [0.25, 0.3) is 11.3 Å². The van der Waals surface area contributed by atoms with Crippen LogP contribution >= 0.6 is 11.3 Å². The molecule has 0 unspecified atom stereocenters. The van der Waals surface area contributed by atoms with Gasteiger partial charge in [-0.15, -0.1) is 0 Å². The van der Waals surface area contributed by atoms with Crippen molar-refractivity contribution < 1.29 is 13.2 Å². The second-order valence-electron chi connectivity index (χ2n) is 5.50. The minimum Gasteiger partial charge on any atom is -0.495 e. The fourth-order valence-corrected chi connectivity index (χ4v) is 4.38. The number of nitrogens with zero attached hydrogens (tertiary/aromatic N) is 1. The van der Waals surface area contributed by atoms with E-state index in [9.17, 15) is 8.42 Å². The van der Waals surface area contributed by atoms with Gasteiger partial charge in [-0.25, -0.2) is 13.1 Å². The molecule has 5 nitrogen and oxygen atoms in total. The molecule has 0 fully saturated rings. The molecule has 2 aromatic heterocycles. The number of pyridine rings is 1. The molecule has 0 bridgehead atoms. The van der Waals surface area contributed by atoms with Crippen LogP contribution in [0.15, 0.2) is 58.3 Å². The summed E-state index contributed by atoms with van der Waals surface area (Å²) in [5.41, 5.74) is 3.42.